The fraction of sp³-hybridized carbons (Fsp3) is 0.296. The summed E-state index contributed by atoms with van der Waals surface area (Å²) in [5.41, 5.74) is 3.23. The number of hydrogen-bond acceptors (Lipinski definition) is 3. The van der Waals surface area contributed by atoms with E-state index < -0.39 is 15.4 Å². The Morgan fingerprint density at radius 1 is 0.848 bits per heavy atom. The van der Waals surface area contributed by atoms with E-state index in [1.165, 1.54) is 5.56 Å². The molecule has 5 nitrogen and oxygen atoms in total. The maximum absolute atomic E-state index is 12.9. The molecular formula is C27H30N2O3S. The molecule has 4 rings (SSSR count). The second-order valence-corrected chi connectivity index (χ2v) is 10.3. The number of nitrogens with one attached hydrogen (secondary N) is 2. The lowest BCUT2D eigenvalue weighted by molar-refractivity contribution is -0.123. The Morgan fingerprint density at radius 2 is 1.48 bits per heavy atom. The summed E-state index contributed by atoms with van der Waals surface area (Å²) in [5, 5.41) is 3.07. The monoisotopic (exact) mass is 462 g/mol. The van der Waals surface area contributed by atoms with Crippen molar-refractivity contribution in [1.29, 1.82) is 0 Å². The van der Waals surface area contributed by atoms with Crippen LogP contribution < -0.4 is 10.0 Å². The first kappa shape index (κ1) is 23.1. The van der Waals surface area contributed by atoms with E-state index in [1.807, 2.05) is 42.5 Å². The molecule has 0 radical (unpaired) electrons. The summed E-state index contributed by atoms with van der Waals surface area (Å²) in [6, 6.07) is 24.2. The van der Waals surface area contributed by atoms with Crippen LogP contribution in [-0.4, -0.2) is 20.9 Å². The molecule has 0 spiro atoms. The molecule has 172 valence electrons. The standard InChI is InChI=1S/C27H30N2O3S/c1-2-6-21-9-15-25(16-10-21)33(31,32)29-24-13-11-23(12-14-24)27(18-19-27)26(30)28-20-17-22-7-4-3-5-8-22/h3-5,7-16,29H,2,6,17-20H2,1H3,(H,28,30). The summed E-state index contributed by atoms with van der Waals surface area (Å²) in [6.45, 7) is 2.69. The van der Waals surface area contributed by atoms with Crippen LogP contribution >= 0.6 is 0 Å². The van der Waals surface area contributed by atoms with E-state index in [1.54, 1.807) is 24.3 Å². The highest BCUT2D eigenvalue weighted by atomic mass is 32.2. The molecule has 1 aliphatic rings. The molecule has 3 aromatic rings. The summed E-state index contributed by atoms with van der Waals surface area (Å²) in [5.74, 6) is 0.0407. The van der Waals surface area contributed by atoms with Crippen LogP contribution in [0.2, 0.25) is 0 Å². The quantitative estimate of drug-likeness (QED) is 0.453. The van der Waals surface area contributed by atoms with E-state index >= 15 is 0 Å². The van der Waals surface area contributed by atoms with Crippen LogP contribution in [0.1, 0.15) is 42.9 Å². The normalized spacial score (nSPS) is 14.5. The lowest BCUT2D eigenvalue weighted by Gasteiger charge is -2.17. The van der Waals surface area contributed by atoms with Crippen molar-refractivity contribution in [2.45, 2.75) is 49.3 Å². The van der Waals surface area contributed by atoms with E-state index in [4.69, 9.17) is 0 Å². The fourth-order valence-electron chi connectivity index (χ4n) is 4.10. The molecule has 0 unspecified atom stereocenters. The Labute approximate surface area is 196 Å². The molecule has 33 heavy (non-hydrogen) atoms. The molecule has 6 heteroatoms. The zero-order valence-corrected chi connectivity index (χ0v) is 19.7. The molecule has 0 atom stereocenters. The predicted octanol–water partition coefficient (Wildman–Crippen LogP) is 4.83. The Bertz CT molecular complexity index is 1180. The third-order valence-electron chi connectivity index (χ3n) is 6.19. The lowest BCUT2D eigenvalue weighted by Crippen LogP contribution is -2.35. The topological polar surface area (TPSA) is 75.3 Å². The molecule has 0 aromatic heterocycles. The number of rotatable bonds is 10. The smallest absolute Gasteiger partial charge is 0.261 e. The van der Waals surface area contributed by atoms with Gasteiger partial charge in [-0.05, 0) is 66.6 Å². The van der Waals surface area contributed by atoms with Gasteiger partial charge in [0.25, 0.3) is 10.0 Å². The Balaban J connectivity index is 1.37. The van der Waals surface area contributed by atoms with Crippen molar-refractivity contribution in [2.24, 2.45) is 0 Å². The van der Waals surface area contributed by atoms with Crippen molar-refractivity contribution in [1.82, 2.24) is 5.32 Å². The summed E-state index contributed by atoms with van der Waals surface area (Å²) in [6.07, 6.45) is 4.35. The third kappa shape index (κ3) is 5.45. The van der Waals surface area contributed by atoms with Crippen LogP contribution in [0.4, 0.5) is 5.69 Å². The van der Waals surface area contributed by atoms with E-state index in [0.29, 0.717) is 12.2 Å². The number of sulfonamides is 1. The minimum Gasteiger partial charge on any atom is -0.355 e. The number of amides is 1. The van der Waals surface area contributed by atoms with E-state index in [-0.39, 0.29) is 10.8 Å². The van der Waals surface area contributed by atoms with Gasteiger partial charge in [0, 0.05) is 12.2 Å². The third-order valence-corrected chi connectivity index (χ3v) is 7.59. The van der Waals surface area contributed by atoms with Crippen LogP contribution in [0.5, 0.6) is 0 Å². The average Bonchev–Trinajstić information content (AvgIpc) is 3.63. The van der Waals surface area contributed by atoms with Gasteiger partial charge in [-0.1, -0.05) is 67.9 Å². The van der Waals surface area contributed by atoms with Gasteiger partial charge in [0.15, 0.2) is 0 Å². The van der Waals surface area contributed by atoms with Gasteiger partial charge in [-0.3, -0.25) is 9.52 Å². The molecule has 0 aliphatic heterocycles. The zero-order valence-electron chi connectivity index (χ0n) is 18.9. The van der Waals surface area contributed by atoms with Gasteiger partial charge >= 0.3 is 0 Å². The van der Waals surface area contributed by atoms with Crippen LogP contribution in [0, 0.1) is 0 Å². The molecule has 1 aliphatic carbocycles. The molecular weight excluding hydrogens is 432 g/mol. The SMILES string of the molecule is CCCc1ccc(S(=O)(=O)Nc2ccc(C3(C(=O)NCCc4ccccc4)CC3)cc2)cc1. The largest absolute Gasteiger partial charge is 0.355 e. The van der Waals surface area contributed by atoms with E-state index in [9.17, 15) is 13.2 Å². The molecule has 0 saturated heterocycles. The summed E-state index contributed by atoms with van der Waals surface area (Å²) < 4.78 is 28.1. The minimum atomic E-state index is -3.66. The number of hydrogen-bond donors (Lipinski definition) is 2. The van der Waals surface area contributed by atoms with Crippen LogP contribution in [-0.2, 0) is 33.1 Å². The maximum atomic E-state index is 12.9. The first-order valence-electron chi connectivity index (χ1n) is 11.5. The molecule has 0 heterocycles. The van der Waals surface area contributed by atoms with E-state index in [2.05, 4.69) is 29.1 Å². The second-order valence-electron chi connectivity index (χ2n) is 8.65. The fourth-order valence-corrected chi connectivity index (χ4v) is 5.16. The highest BCUT2D eigenvalue weighted by Gasteiger charge is 2.51. The van der Waals surface area contributed by atoms with Crippen LogP contribution in [0.3, 0.4) is 0 Å². The first-order chi connectivity index (χ1) is 15.9. The average molecular weight is 463 g/mol. The highest BCUT2D eigenvalue weighted by Crippen LogP contribution is 2.48. The number of aryl methyl sites for hydroxylation is 1. The van der Waals surface area contributed by atoms with Crippen molar-refractivity contribution >= 4 is 21.6 Å². The van der Waals surface area contributed by atoms with Crippen molar-refractivity contribution < 1.29 is 13.2 Å². The van der Waals surface area contributed by atoms with Crippen LogP contribution in [0.15, 0.2) is 83.8 Å². The van der Waals surface area contributed by atoms with Gasteiger partial charge in [-0.2, -0.15) is 0 Å². The Kier molecular flexibility index (Phi) is 6.84. The molecule has 3 aromatic carbocycles. The van der Waals surface area contributed by atoms with Crippen molar-refractivity contribution in [3.63, 3.8) is 0 Å². The van der Waals surface area contributed by atoms with Gasteiger partial charge in [0.05, 0.1) is 10.3 Å². The predicted molar refractivity (Wildman–Crippen MR) is 132 cm³/mol. The van der Waals surface area contributed by atoms with Crippen molar-refractivity contribution in [2.75, 3.05) is 11.3 Å². The highest BCUT2D eigenvalue weighted by molar-refractivity contribution is 7.92. The second kappa shape index (κ2) is 9.79. The first-order valence-corrected chi connectivity index (χ1v) is 13.0. The molecule has 2 N–H and O–H groups in total. The molecule has 1 fully saturated rings. The van der Waals surface area contributed by atoms with Gasteiger partial charge in [0.1, 0.15) is 0 Å². The lowest BCUT2D eigenvalue weighted by atomic mass is 9.94. The van der Waals surface area contributed by atoms with Gasteiger partial charge in [-0.15, -0.1) is 0 Å². The minimum absolute atomic E-state index is 0.0407. The number of anilines is 1. The molecule has 0 bridgehead atoms. The van der Waals surface area contributed by atoms with Crippen LogP contribution in [0.25, 0.3) is 0 Å². The van der Waals surface area contributed by atoms with E-state index in [0.717, 1.165) is 43.2 Å². The summed E-state index contributed by atoms with van der Waals surface area (Å²) in [7, 11) is -3.66. The van der Waals surface area contributed by atoms with Crippen molar-refractivity contribution in [3.05, 3.63) is 95.6 Å². The maximum Gasteiger partial charge on any atom is 0.261 e. The molecule has 1 saturated carbocycles. The zero-order chi connectivity index (χ0) is 23.3. The summed E-state index contributed by atoms with van der Waals surface area (Å²) >= 11 is 0. The number of carbonyl (C=O) groups excluding carboxylic acids is 1. The number of carbonyl (C=O) groups is 1. The van der Waals surface area contributed by atoms with Crippen molar-refractivity contribution in [3.8, 4) is 0 Å². The van der Waals surface area contributed by atoms with Gasteiger partial charge in [0.2, 0.25) is 5.91 Å². The van der Waals surface area contributed by atoms with Gasteiger partial charge < -0.3 is 5.32 Å². The Hall–Kier alpha value is -3.12. The van der Waals surface area contributed by atoms with Gasteiger partial charge in [-0.25, -0.2) is 8.42 Å². The molecule has 1 amide bonds. The Morgan fingerprint density at radius 3 is 2.09 bits per heavy atom. The summed E-state index contributed by atoms with van der Waals surface area (Å²) in [4.78, 5) is 13.1. The number of benzene rings is 3.